The number of amides is 1. The fraction of sp³-hybridized carbons (Fsp3) is 0.478. The summed E-state index contributed by atoms with van der Waals surface area (Å²) in [4.78, 5) is 21.4. The van der Waals surface area contributed by atoms with Gasteiger partial charge in [0.1, 0.15) is 23.0 Å². The highest BCUT2D eigenvalue weighted by atomic mass is 16.5. The fourth-order valence-corrected chi connectivity index (χ4v) is 4.36. The van der Waals surface area contributed by atoms with Crippen molar-refractivity contribution in [3.63, 3.8) is 0 Å². The van der Waals surface area contributed by atoms with E-state index in [1.54, 1.807) is 20.0 Å². The van der Waals surface area contributed by atoms with Gasteiger partial charge in [0.15, 0.2) is 5.60 Å². The first-order valence-electron chi connectivity index (χ1n) is 10.7. The lowest BCUT2D eigenvalue weighted by molar-refractivity contribution is -0.129. The largest absolute Gasteiger partial charge is 0.493 e. The lowest BCUT2D eigenvalue weighted by Crippen LogP contribution is -2.48. The molecule has 1 atom stereocenters. The summed E-state index contributed by atoms with van der Waals surface area (Å²) < 4.78 is 11.7. The average Bonchev–Trinajstić information content (AvgIpc) is 3.21. The Morgan fingerprint density at radius 2 is 1.93 bits per heavy atom. The molecule has 1 amide bonds. The molecule has 1 fully saturated rings. The average molecular weight is 409 g/mol. The maximum Gasteiger partial charge on any atom is 0.268 e. The van der Waals surface area contributed by atoms with E-state index in [1.165, 1.54) is 11.1 Å². The van der Waals surface area contributed by atoms with E-state index in [9.17, 15) is 4.79 Å². The topological polar surface area (TPSA) is 66.9 Å². The van der Waals surface area contributed by atoms with E-state index in [2.05, 4.69) is 45.2 Å². The van der Waals surface area contributed by atoms with Gasteiger partial charge in [0.05, 0.1) is 12.8 Å². The van der Waals surface area contributed by atoms with Crippen LogP contribution in [0.25, 0.3) is 0 Å². The van der Waals surface area contributed by atoms with Gasteiger partial charge in [-0.25, -0.2) is 4.98 Å². The van der Waals surface area contributed by atoms with E-state index in [0.29, 0.717) is 17.5 Å². The van der Waals surface area contributed by atoms with Crippen LogP contribution in [0.2, 0.25) is 0 Å². The molecule has 0 bridgehead atoms. The van der Waals surface area contributed by atoms with Gasteiger partial charge in [-0.1, -0.05) is 12.1 Å². The lowest BCUT2D eigenvalue weighted by atomic mass is 10.0. The summed E-state index contributed by atoms with van der Waals surface area (Å²) in [6.45, 7) is 10.3. The van der Waals surface area contributed by atoms with E-state index < -0.39 is 5.60 Å². The van der Waals surface area contributed by atoms with Crippen molar-refractivity contribution in [3.8, 4) is 11.5 Å². The molecule has 7 heteroatoms. The van der Waals surface area contributed by atoms with E-state index in [1.807, 2.05) is 6.07 Å². The zero-order valence-corrected chi connectivity index (χ0v) is 17.8. The molecule has 30 heavy (non-hydrogen) atoms. The maximum atomic E-state index is 12.1. The number of hydrogen-bond acceptors (Lipinski definition) is 6. The standard InChI is InChI=1S/C23H28N4O3/c1-15(17-5-4-16-6-11-29-19(16)12-17)26-7-9-27(10-8-26)21-13-20-18(14-24-21)25-22(28)23(2,3)30-20/h4-5,12-15H,6-11H2,1-3H3,(H,25,28). The molecule has 3 aliphatic rings. The third-order valence-corrected chi connectivity index (χ3v) is 6.40. The monoisotopic (exact) mass is 408 g/mol. The second-order valence-electron chi connectivity index (χ2n) is 8.77. The second-order valence-corrected chi connectivity index (χ2v) is 8.77. The van der Waals surface area contributed by atoms with Gasteiger partial charge in [0, 0.05) is 44.7 Å². The number of nitrogens with one attached hydrogen (secondary N) is 1. The van der Waals surface area contributed by atoms with Gasteiger partial charge >= 0.3 is 0 Å². The van der Waals surface area contributed by atoms with Crippen molar-refractivity contribution in [2.24, 2.45) is 0 Å². The Balaban J connectivity index is 1.26. The van der Waals surface area contributed by atoms with Crippen LogP contribution >= 0.6 is 0 Å². The Morgan fingerprint density at radius 1 is 1.13 bits per heavy atom. The zero-order chi connectivity index (χ0) is 20.9. The summed E-state index contributed by atoms with van der Waals surface area (Å²) in [5, 5.41) is 2.87. The Morgan fingerprint density at radius 3 is 2.73 bits per heavy atom. The van der Waals surface area contributed by atoms with Crippen molar-refractivity contribution in [2.75, 3.05) is 43.0 Å². The first-order chi connectivity index (χ1) is 14.4. The summed E-state index contributed by atoms with van der Waals surface area (Å²) in [5.74, 6) is 2.47. The molecule has 0 spiro atoms. The molecule has 1 aromatic heterocycles. The van der Waals surface area contributed by atoms with Crippen molar-refractivity contribution in [1.82, 2.24) is 9.88 Å². The van der Waals surface area contributed by atoms with Crippen LogP contribution in [0.5, 0.6) is 11.5 Å². The van der Waals surface area contributed by atoms with Crippen LogP contribution in [-0.2, 0) is 11.2 Å². The third-order valence-electron chi connectivity index (χ3n) is 6.40. The van der Waals surface area contributed by atoms with E-state index in [4.69, 9.17) is 9.47 Å². The molecular formula is C23H28N4O3. The number of nitrogens with zero attached hydrogens (tertiary/aromatic N) is 3. The van der Waals surface area contributed by atoms with Gasteiger partial charge in [0.2, 0.25) is 0 Å². The Labute approximate surface area is 177 Å². The number of rotatable bonds is 3. The van der Waals surface area contributed by atoms with E-state index in [0.717, 1.165) is 50.8 Å². The van der Waals surface area contributed by atoms with Gasteiger partial charge in [-0.05, 0) is 38.0 Å². The predicted molar refractivity (Wildman–Crippen MR) is 115 cm³/mol. The maximum absolute atomic E-state index is 12.1. The number of ether oxygens (including phenoxy) is 2. The normalized spacial score (nSPS) is 21.2. The smallest absolute Gasteiger partial charge is 0.268 e. The fourth-order valence-electron chi connectivity index (χ4n) is 4.36. The molecule has 7 nitrogen and oxygen atoms in total. The van der Waals surface area contributed by atoms with Gasteiger partial charge in [-0.3, -0.25) is 9.69 Å². The minimum absolute atomic E-state index is 0.149. The highest BCUT2D eigenvalue weighted by Crippen LogP contribution is 2.36. The number of aromatic nitrogens is 1. The van der Waals surface area contributed by atoms with E-state index in [-0.39, 0.29) is 5.91 Å². The van der Waals surface area contributed by atoms with Crippen LogP contribution < -0.4 is 19.7 Å². The number of carbonyl (C=O) groups is 1. The number of carbonyl (C=O) groups excluding carboxylic acids is 1. The molecule has 4 heterocycles. The summed E-state index contributed by atoms with van der Waals surface area (Å²) in [7, 11) is 0. The number of fused-ring (bicyclic) bond motifs is 2. The first kappa shape index (κ1) is 19.2. The third kappa shape index (κ3) is 3.37. The van der Waals surface area contributed by atoms with Gasteiger partial charge in [0.25, 0.3) is 5.91 Å². The summed E-state index contributed by atoms with van der Waals surface area (Å²) in [6, 6.07) is 8.94. The van der Waals surface area contributed by atoms with Gasteiger partial charge in [-0.2, -0.15) is 0 Å². The zero-order valence-electron chi connectivity index (χ0n) is 17.8. The summed E-state index contributed by atoms with van der Waals surface area (Å²) >= 11 is 0. The lowest BCUT2D eigenvalue weighted by Gasteiger charge is -2.39. The predicted octanol–water partition coefficient (Wildman–Crippen LogP) is 3.01. The van der Waals surface area contributed by atoms with Crippen LogP contribution in [-0.4, -0.2) is 54.2 Å². The molecule has 1 aromatic carbocycles. The van der Waals surface area contributed by atoms with Gasteiger partial charge in [-0.15, -0.1) is 0 Å². The molecule has 158 valence electrons. The van der Waals surface area contributed by atoms with Crippen LogP contribution in [0.4, 0.5) is 11.5 Å². The Hall–Kier alpha value is -2.80. The first-order valence-corrected chi connectivity index (χ1v) is 10.7. The Bertz CT molecular complexity index is 982. The SMILES string of the molecule is CC(c1ccc2c(c1)OCC2)N1CCN(c2cc3c(cn2)NC(=O)C(C)(C)O3)CC1. The molecule has 2 aromatic rings. The minimum atomic E-state index is -0.876. The quantitative estimate of drug-likeness (QED) is 0.842. The van der Waals surface area contributed by atoms with Crippen LogP contribution in [0.15, 0.2) is 30.5 Å². The molecule has 1 saturated heterocycles. The van der Waals surface area contributed by atoms with Gasteiger partial charge < -0.3 is 19.7 Å². The van der Waals surface area contributed by atoms with Crippen LogP contribution in [0.3, 0.4) is 0 Å². The number of pyridine rings is 1. The van der Waals surface area contributed by atoms with Crippen LogP contribution in [0.1, 0.15) is 37.9 Å². The Kier molecular flexibility index (Phi) is 4.58. The van der Waals surface area contributed by atoms with Crippen molar-refractivity contribution in [1.29, 1.82) is 0 Å². The molecule has 1 unspecified atom stereocenters. The van der Waals surface area contributed by atoms with Crippen molar-refractivity contribution >= 4 is 17.4 Å². The molecule has 0 aliphatic carbocycles. The summed E-state index contributed by atoms with van der Waals surface area (Å²) in [5.41, 5.74) is 2.38. The minimum Gasteiger partial charge on any atom is -0.493 e. The van der Waals surface area contributed by atoms with Crippen molar-refractivity contribution in [2.45, 2.75) is 38.8 Å². The van der Waals surface area contributed by atoms with E-state index >= 15 is 0 Å². The summed E-state index contributed by atoms with van der Waals surface area (Å²) in [6.07, 6.45) is 2.71. The number of anilines is 2. The molecule has 3 aliphatic heterocycles. The molecule has 0 saturated carbocycles. The number of piperazine rings is 1. The second kappa shape index (κ2) is 7.16. The molecule has 5 rings (SSSR count). The van der Waals surface area contributed by atoms with Crippen LogP contribution in [0, 0.1) is 0 Å². The highest BCUT2D eigenvalue weighted by molar-refractivity contribution is 6.00. The van der Waals surface area contributed by atoms with Crippen molar-refractivity contribution in [3.05, 3.63) is 41.6 Å². The molecule has 1 N–H and O–H groups in total. The number of hydrogen-bond donors (Lipinski definition) is 1. The molecular weight excluding hydrogens is 380 g/mol. The highest BCUT2D eigenvalue weighted by Gasteiger charge is 2.36. The molecule has 0 radical (unpaired) electrons. The van der Waals surface area contributed by atoms with Crippen molar-refractivity contribution < 1.29 is 14.3 Å². The number of benzene rings is 1.